The number of anilines is 1. The van der Waals surface area contributed by atoms with Crippen LogP contribution >= 0.6 is 36.4 Å². The van der Waals surface area contributed by atoms with Gasteiger partial charge in [-0.25, -0.2) is 12.8 Å². The van der Waals surface area contributed by atoms with Crippen molar-refractivity contribution in [2.45, 2.75) is 42.0 Å². The molecule has 5 nitrogen and oxygen atoms in total. The lowest BCUT2D eigenvalue weighted by Crippen LogP contribution is -2.53. The van der Waals surface area contributed by atoms with Crippen LogP contribution in [0.2, 0.25) is 5.02 Å². The Hall–Kier alpha value is -1.09. The fourth-order valence-corrected chi connectivity index (χ4v) is 6.08. The van der Waals surface area contributed by atoms with Gasteiger partial charge in [0, 0.05) is 55.5 Å². The maximum atomic E-state index is 14.6. The molecule has 190 valence electrons. The molecule has 1 aliphatic heterocycles. The third-order valence-electron chi connectivity index (χ3n) is 7.26. The Balaban J connectivity index is 0.00000204. The molecule has 1 saturated heterocycles. The first-order valence-electron chi connectivity index (χ1n) is 11.2. The van der Waals surface area contributed by atoms with Gasteiger partial charge in [-0.15, -0.1) is 24.8 Å². The van der Waals surface area contributed by atoms with Gasteiger partial charge in [-0.1, -0.05) is 23.7 Å². The summed E-state index contributed by atoms with van der Waals surface area (Å²) in [6, 6.07) is 12.8. The van der Waals surface area contributed by atoms with Gasteiger partial charge < -0.3 is 10.6 Å². The molecule has 1 saturated carbocycles. The fraction of sp³-hybridized carbons (Fsp3) is 0.500. The number of hydrogen-bond acceptors (Lipinski definition) is 5. The Labute approximate surface area is 219 Å². The molecule has 0 unspecified atom stereocenters. The number of rotatable bonds is 5. The second-order valence-electron chi connectivity index (χ2n) is 9.13. The Morgan fingerprint density at radius 1 is 1.06 bits per heavy atom. The van der Waals surface area contributed by atoms with Crippen LogP contribution in [-0.4, -0.2) is 58.3 Å². The molecule has 2 aromatic carbocycles. The van der Waals surface area contributed by atoms with E-state index in [-0.39, 0.29) is 35.1 Å². The summed E-state index contributed by atoms with van der Waals surface area (Å²) in [6.07, 6.45) is 5.34. The molecule has 1 heterocycles. The van der Waals surface area contributed by atoms with Crippen LogP contribution in [-0.2, 0) is 15.3 Å². The fourth-order valence-electron chi connectivity index (χ4n) is 5.25. The second-order valence-corrected chi connectivity index (χ2v) is 11.6. The van der Waals surface area contributed by atoms with Gasteiger partial charge in [-0.3, -0.25) is 4.90 Å². The summed E-state index contributed by atoms with van der Waals surface area (Å²) in [5.74, 6) is -0.478. The number of nitrogens with two attached hydrogens (primary N) is 1. The monoisotopic (exact) mass is 551 g/mol. The van der Waals surface area contributed by atoms with Crippen molar-refractivity contribution < 1.29 is 12.8 Å². The zero-order chi connectivity index (χ0) is 22.9. The highest BCUT2D eigenvalue weighted by Gasteiger charge is 2.38. The van der Waals surface area contributed by atoms with Crippen molar-refractivity contribution >= 4 is 51.9 Å². The van der Waals surface area contributed by atoms with Crippen LogP contribution in [0.3, 0.4) is 0 Å². The van der Waals surface area contributed by atoms with Crippen LogP contribution in [0, 0.1) is 5.82 Å². The first kappa shape index (κ1) is 29.1. The van der Waals surface area contributed by atoms with E-state index in [0.717, 1.165) is 69.2 Å². The summed E-state index contributed by atoms with van der Waals surface area (Å²) in [5.41, 5.74) is 7.95. The molecular weight excluding hydrogens is 520 g/mol. The van der Waals surface area contributed by atoms with Crippen LogP contribution in [0.1, 0.15) is 31.2 Å². The SMILES string of the molecule is CS(=O)(=O)c1ccc(N2CCN([C@H]3CC[C@](CN)(c4cccc(Cl)c4)CC3)CC2)c(F)c1.Cl.Cl. The Kier molecular flexibility index (Phi) is 10.1. The summed E-state index contributed by atoms with van der Waals surface area (Å²) in [5, 5.41) is 0.755. The first-order chi connectivity index (χ1) is 15.2. The summed E-state index contributed by atoms with van der Waals surface area (Å²) in [6.45, 7) is 3.80. The molecule has 0 spiro atoms. The molecule has 10 heteroatoms. The first-order valence-corrected chi connectivity index (χ1v) is 13.4. The van der Waals surface area contributed by atoms with E-state index < -0.39 is 15.7 Å². The number of benzene rings is 2. The van der Waals surface area contributed by atoms with Gasteiger partial charge in [0.1, 0.15) is 5.82 Å². The molecule has 0 amide bonds. The van der Waals surface area contributed by atoms with Gasteiger partial charge in [0.05, 0.1) is 10.6 Å². The van der Waals surface area contributed by atoms with E-state index in [9.17, 15) is 12.8 Å². The molecule has 4 rings (SSSR count). The zero-order valence-corrected chi connectivity index (χ0v) is 22.5. The van der Waals surface area contributed by atoms with Crippen LogP contribution < -0.4 is 10.6 Å². The summed E-state index contributed by atoms with van der Waals surface area (Å²) in [4.78, 5) is 4.54. The topological polar surface area (TPSA) is 66.6 Å². The minimum atomic E-state index is -3.41. The maximum absolute atomic E-state index is 14.6. The van der Waals surface area contributed by atoms with E-state index >= 15 is 0 Å². The average Bonchev–Trinajstić information content (AvgIpc) is 2.79. The normalized spacial score (nSPS) is 23.6. The van der Waals surface area contributed by atoms with Gasteiger partial charge in [0.25, 0.3) is 0 Å². The highest BCUT2D eigenvalue weighted by atomic mass is 35.5. The maximum Gasteiger partial charge on any atom is 0.175 e. The van der Waals surface area contributed by atoms with Crippen molar-refractivity contribution in [1.29, 1.82) is 0 Å². The lowest BCUT2D eigenvalue weighted by molar-refractivity contribution is 0.118. The molecule has 2 fully saturated rings. The highest BCUT2D eigenvalue weighted by molar-refractivity contribution is 7.90. The predicted octanol–water partition coefficient (Wildman–Crippen LogP) is 4.69. The minimum Gasteiger partial charge on any atom is -0.367 e. The summed E-state index contributed by atoms with van der Waals surface area (Å²) < 4.78 is 37.9. The van der Waals surface area contributed by atoms with Gasteiger partial charge in [-0.05, 0) is 61.6 Å². The van der Waals surface area contributed by atoms with Crippen LogP contribution in [0.4, 0.5) is 10.1 Å². The molecule has 2 aromatic rings. The smallest absolute Gasteiger partial charge is 0.175 e. The van der Waals surface area contributed by atoms with Crippen molar-refractivity contribution in [2.24, 2.45) is 5.73 Å². The van der Waals surface area contributed by atoms with E-state index in [2.05, 4.69) is 17.0 Å². The lowest BCUT2D eigenvalue weighted by atomic mass is 9.68. The van der Waals surface area contributed by atoms with E-state index in [1.807, 2.05) is 17.0 Å². The van der Waals surface area contributed by atoms with Crippen molar-refractivity contribution in [1.82, 2.24) is 4.90 Å². The van der Waals surface area contributed by atoms with Crippen LogP contribution in [0.25, 0.3) is 0 Å². The molecular formula is C24H33Cl3FN3O2S. The van der Waals surface area contributed by atoms with Crippen molar-refractivity contribution in [3.05, 3.63) is 58.9 Å². The van der Waals surface area contributed by atoms with Gasteiger partial charge in [0.2, 0.25) is 0 Å². The van der Waals surface area contributed by atoms with Crippen LogP contribution in [0.15, 0.2) is 47.4 Å². The van der Waals surface area contributed by atoms with Gasteiger partial charge in [-0.2, -0.15) is 0 Å². The summed E-state index contributed by atoms with van der Waals surface area (Å²) in [7, 11) is -3.41. The molecule has 0 atom stereocenters. The predicted molar refractivity (Wildman–Crippen MR) is 142 cm³/mol. The molecule has 1 aliphatic carbocycles. The van der Waals surface area contributed by atoms with E-state index in [4.69, 9.17) is 17.3 Å². The van der Waals surface area contributed by atoms with E-state index in [0.29, 0.717) is 18.3 Å². The number of piperazine rings is 1. The van der Waals surface area contributed by atoms with Gasteiger partial charge >= 0.3 is 0 Å². The highest BCUT2D eigenvalue weighted by Crippen LogP contribution is 2.41. The number of halogens is 4. The number of hydrogen-bond donors (Lipinski definition) is 1. The van der Waals surface area contributed by atoms with Crippen molar-refractivity contribution in [3.8, 4) is 0 Å². The van der Waals surface area contributed by atoms with Crippen molar-refractivity contribution in [2.75, 3.05) is 43.9 Å². The summed E-state index contributed by atoms with van der Waals surface area (Å²) >= 11 is 6.23. The molecule has 34 heavy (non-hydrogen) atoms. The lowest BCUT2D eigenvalue weighted by Gasteiger charge is -2.46. The molecule has 0 radical (unpaired) electrons. The van der Waals surface area contributed by atoms with Crippen LogP contribution in [0.5, 0.6) is 0 Å². The van der Waals surface area contributed by atoms with Gasteiger partial charge in [0.15, 0.2) is 9.84 Å². The number of nitrogens with zero attached hydrogens (tertiary/aromatic N) is 2. The quantitative estimate of drug-likeness (QED) is 0.583. The Morgan fingerprint density at radius 3 is 2.24 bits per heavy atom. The second kappa shape index (κ2) is 11.8. The Morgan fingerprint density at radius 2 is 1.71 bits per heavy atom. The Bertz CT molecular complexity index is 1070. The minimum absolute atomic E-state index is 0. The molecule has 0 aromatic heterocycles. The average molecular weight is 553 g/mol. The van der Waals surface area contributed by atoms with Crippen molar-refractivity contribution in [3.63, 3.8) is 0 Å². The third kappa shape index (κ3) is 6.18. The molecule has 0 bridgehead atoms. The molecule has 2 N–H and O–H groups in total. The number of sulfone groups is 1. The molecule has 2 aliphatic rings. The largest absolute Gasteiger partial charge is 0.367 e. The van der Waals surface area contributed by atoms with E-state index in [1.54, 1.807) is 6.07 Å². The van der Waals surface area contributed by atoms with E-state index in [1.165, 1.54) is 11.6 Å². The third-order valence-corrected chi connectivity index (χ3v) is 8.60. The standard InChI is InChI=1S/C24H31ClFN3O2S.2ClH/c1-32(30,31)21-5-6-23(22(26)16-21)29-13-11-28(12-14-29)20-7-9-24(17-27,10-8-20)18-3-2-4-19(25)15-18;;/h2-6,15-16,20H,7-14,17,27H2,1H3;2*1H/t20-,24-;;. The zero-order valence-electron chi connectivity index (χ0n) is 19.3.